The number of likely N-dealkylation sites (tertiary alicyclic amines) is 1. The van der Waals surface area contributed by atoms with Crippen molar-refractivity contribution in [1.29, 1.82) is 0 Å². The summed E-state index contributed by atoms with van der Waals surface area (Å²) in [6.45, 7) is 1.65. The number of rotatable bonds is 9. The van der Waals surface area contributed by atoms with Crippen molar-refractivity contribution in [2.75, 3.05) is 44.0 Å². The monoisotopic (exact) mass is 453 g/mol. The van der Waals surface area contributed by atoms with Crippen LogP contribution in [0.2, 0.25) is 0 Å². The molecule has 1 aliphatic rings. The molecular weight excluding hydrogens is 422 g/mol. The van der Waals surface area contributed by atoms with Gasteiger partial charge in [-0.1, -0.05) is 36.4 Å². The van der Waals surface area contributed by atoms with Gasteiger partial charge in [-0.25, -0.2) is 4.79 Å². The number of carbonyl (C=O) groups excluding carboxylic acids is 3. The number of hydrogen-bond donors (Lipinski definition) is 2. The fourth-order valence-corrected chi connectivity index (χ4v) is 3.74. The van der Waals surface area contributed by atoms with Gasteiger partial charge in [0.25, 0.3) is 0 Å². The third kappa shape index (κ3) is 7.91. The highest BCUT2D eigenvalue weighted by molar-refractivity contribution is 5.94. The number of nitrogens with zero attached hydrogens (tertiary/aromatic N) is 1. The Morgan fingerprint density at radius 2 is 1.64 bits per heavy atom. The number of methoxy groups -OCH3 is 1. The first-order chi connectivity index (χ1) is 16.0. The number of nitrogens with one attached hydrogen (secondary N) is 2. The van der Waals surface area contributed by atoms with Crippen molar-refractivity contribution < 1.29 is 23.9 Å². The van der Waals surface area contributed by atoms with Crippen LogP contribution in [0.25, 0.3) is 0 Å². The molecule has 176 valence electrons. The van der Waals surface area contributed by atoms with Crippen LogP contribution in [-0.2, 0) is 25.5 Å². The zero-order chi connectivity index (χ0) is 23.5. The predicted molar refractivity (Wildman–Crippen MR) is 126 cm³/mol. The topological polar surface area (TPSA) is 97.0 Å². The summed E-state index contributed by atoms with van der Waals surface area (Å²) in [7, 11) is 1.53. The van der Waals surface area contributed by atoms with Crippen molar-refractivity contribution in [3.63, 3.8) is 0 Å². The number of anilines is 2. The van der Waals surface area contributed by atoms with E-state index in [2.05, 4.69) is 10.6 Å². The number of hydrogen-bond acceptors (Lipinski definition) is 5. The smallest absolute Gasteiger partial charge is 0.411 e. The van der Waals surface area contributed by atoms with E-state index in [-0.39, 0.29) is 24.3 Å². The molecule has 3 rings (SSSR count). The lowest BCUT2D eigenvalue weighted by Gasteiger charge is -2.31. The molecule has 33 heavy (non-hydrogen) atoms. The van der Waals surface area contributed by atoms with Crippen LogP contribution in [0.3, 0.4) is 0 Å². The first-order valence-electron chi connectivity index (χ1n) is 11.2. The Labute approximate surface area is 194 Å². The zero-order valence-corrected chi connectivity index (χ0v) is 18.9. The maximum absolute atomic E-state index is 12.7. The SMILES string of the molecule is COCCOC(=O)Nc1cccc(NC(=O)C2CCN(C(=O)CCc3ccccc3)CC2)c1. The van der Waals surface area contributed by atoms with E-state index in [0.29, 0.717) is 50.3 Å². The standard InChI is InChI=1S/C25H31N3O5/c1-32-16-17-33-25(31)27-22-9-5-8-21(18-22)26-24(30)20-12-14-28(15-13-20)23(29)11-10-19-6-3-2-4-7-19/h2-9,18,20H,10-17H2,1H3,(H,26,30)(H,27,31). The third-order valence-corrected chi connectivity index (χ3v) is 5.59. The van der Waals surface area contributed by atoms with Crippen LogP contribution in [0.1, 0.15) is 24.8 Å². The van der Waals surface area contributed by atoms with Crippen molar-refractivity contribution in [2.45, 2.75) is 25.7 Å². The summed E-state index contributed by atoms with van der Waals surface area (Å²) in [5, 5.41) is 5.54. The van der Waals surface area contributed by atoms with E-state index in [1.807, 2.05) is 35.2 Å². The molecule has 0 unspecified atom stereocenters. The van der Waals surface area contributed by atoms with Gasteiger partial charge in [-0.3, -0.25) is 14.9 Å². The molecule has 2 aromatic carbocycles. The minimum Gasteiger partial charge on any atom is -0.447 e. The molecule has 0 saturated carbocycles. The summed E-state index contributed by atoms with van der Waals surface area (Å²) in [5.74, 6) is -0.0983. The summed E-state index contributed by atoms with van der Waals surface area (Å²) >= 11 is 0. The number of amides is 3. The fraction of sp³-hybridized carbons (Fsp3) is 0.400. The van der Waals surface area contributed by atoms with E-state index in [0.717, 1.165) is 12.0 Å². The summed E-state index contributed by atoms with van der Waals surface area (Å²) in [6.07, 6.45) is 1.89. The second kappa shape index (κ2) is 12.6. The first-order valence-corrected chi connectivity index (χ1v) is 11.2. The average Bonchev–Trinajstić information content (AvgIpc) is 2.83. The van der Waals surface area contributed by atoms with Gasteiger partial charge in [0.05, 0.1) is 6.61 Å². The Bertz CT molecular complexity index is 927. The quantitative estimate of drug-likeness (QED) is 0.565. The maximum Gasteiger partial charge on any atom is 0.411 e. The molecular formula is C25H31N3O5. The first kappa shape index (κ1) is 24.3. The highest BCUT2D eigenvalue weighted by Gasteiger charge is 2.27. The minimum atomic E-state index is -0.583. The van der Waals surface area contributed by atoms with E-state index in [9.17, 15) is 14.4 Å². The van der Waals surface area contributed by atoms with Crippen molar-refractivity contribution in [1.82, 2.24) is 4.90 Å². The van der Waals surface area contributed by atoms with Gasteiger partial charge >= 0.3 is 6.09 Å². The van der Waals surface area contributed by atoms with Crippen LogP contribution in [-0.4, -0.2) is 56.2 Å². The van der Waals surface area contributed by atoms with E-state index < -0.39 is 6.09 Å². The minimum absolute atomic E-state index is 0.0776. The summed E-state index contributed by atoms with van der Waals surface area (Å²) in [6, 6.07) is 16.9. The van der Waals surface area contributed by atoms with Crippen LogP contribution in [0.15, 0.2) is 54.6 Å². The maximum atomic E-state index is 12.7. The lowest BCUT2D eigenvalue weighted by atomic mass is 9.95. The second-order valence-corrected chi connectivity index (χ2v) is 7.96. The molecule has 0 aromatic heterocycles. The van der Waals surface area contributed by atoms with E-state index in [1.165, 1.54) is 7.11 Å². The largest absolute Gasteiger partial charge is 0.447 e. The molecule has 0 radical (unpaired) electrons. The van der Waals surface area contributed by atoms with Gasteiger partial charge in [0.1, 0.15) is 6.61 Å². The molecule has 2 aromatic rings. The lowest BCUT2D eigenvalue weighted by Crippen LogP contribution is -2.41. The normalized spacial score (nSPS) is 13.9. The van der Waals surface area contributed by atoms with Gasteiger partial charge in [0.15, 0.2) is 0 Å². The highest BCUT2D eigenvalue weighted by atomic mass is 16.6. The van der Waals surface area contributed by atoms with E-state index in [4.69, 9.17) is 9.47 Å². The van der Waals surface area contributed by atoms with Crippen molar-refractivity contribution in [3.8, 4) is 0 Å². The number of piperidine rings is 1. The molecule has 8 nitrogen and oxygen atoms in total. The van der Waals surface area contributed by atoms with Crippen LogP contribution < -0.4 is 10.6 Å². The molecule has 2 N–H and O–H groups in total. The summed E-state index contributed by atoms with van der Waals surface area (Å²) in [4.78, 5) is 38.9. The van der Waals surface area contributed by atoms with Crippen molar-refractivity contribution in [3.05, 3.63) is 60.2 Å². The molecule has 1 fully saturated rings. The van der Waals surface area contributed by atoms with E-state index >= 15 is 0 Å². The Kier molecular flexibility index (Phi) is 9.26. The summed E-state index contributed by atoms with van der Waals surface area (Å²) < 4.78 is 9.82. The van der Waals surface area contributed by atoms with Crippen LogP contribution in [0.5, 0.6) is 0 Å². The van der Waals surface area contributed by atoms with Crippen molar-refractivity contribution >= 4 is 29.3 Å². The van der Waals surface area contributed by atoms with Crippen LogP contribution in [0, 0.1) is 5.92 Å². The summed E-state index contributed by atoms with van der Waals surface area (Å²) in [5.41, 5.74) is 2.27. The molecule has 1 saturated heterocycles. The predicted octanol–water partition coefficient (Wildman–Crippen LogP) is 3.69. The molecule has 8 heteroatoms. The number of ether oxygens (including phenoxy) is 2. The van der Waals surface area contributed by atoms with Gasteiger partial charge in [-0.2, -0.15) is 0 Å². The van der Waals surface area contributed by atoms with Gasteiger partial charge in [0, 0.05) is 43.9 Å². The van der Waals surface area contributed by atoms with Crippen LogP contribution in [0.4, 0.5) is 16.2 Å². The second-order valence-electron chi connectivity index (χ2n) is 7.96. The average molecular weight is 454 g/mol. The zero-order valence-electron chi connectivity index (χ0n) is 18.9. The van der Waals surface area contributed by atoms with Gasteiger partial charge in [-0.15, -0.1) is 0 Å². The Morgan fingerprint density at radius 3 is 2.33 bits per heavy atom. The molecule has 1 heterocycles. The Balaban J connectivity index is 1.42. The lowest BCUT2D eigenvalue weighted by molar-refractivity contribution is -0.134. The fourth-order valence-electron chi connectivity index (χ4n) is 3.74. The molecule has 0 atom stereocenters. The van der Waals surface area contributed by atoms with E-state index in [1.54, 1.807) is 24.3 Å². The van der Waals surface area contributed by atoms with Gasteiger partial charge < -0.3 is 19.7 Å². The van der Waals surface area contributed by atoms with Crippen LogP contribution >= 0.6 is 0 Å². The molecule has 0 spiro atoms. The molecule has 1 aliphatic heterocycles. The third-order valence-electron chi connectivity index (χ3n) is 5.59. The van der Waals surface area contributed by atoms with Crippen molar-refractivity contribution in [2.24, 2.45) is 5.92 Å². The Hall–Kier alpha value is -3.39. The highest BCUT2D eigenvalue weighted by Crippen LogP contribution is 2.22. The number of aryl methyl sites for hydroxylation is 1. The molecule has 3 amide bonds. The molecule has 0 bridgehead atoms. The van der Waals surface area contributed by atoms with Gasteiger partial charge in [-0.05, 0) is 43.0 Å². The number of carbonyl (C=O) groups is 3. The molecule has 0 aliphatic carbocycles. The van der Waals surface area contributed by atoms with Gasteiger partial charge in [0.2, 0.25) is 11.8 Å². The Morgan fingerprint density at radius 1 is 0.939 bits per heavy atom. The number of benzene rings is 2.